The molecule has 0 amide bonds. The molecular weight excluding hydrogens is 452 g/mol. The van der Waals surface area contributed by atoms with Crippen molar-refractivity contribution in [2.45, 2.75) is 27.2 Å². The first-order chi connectivity index (χ1) is 18.1. The first-order valence-electron chi connectivity index (χ1n) is 13.1. The third-order valence-corrected chi connectivity index (χ3v) is 7.82. The summed E-state index contributed by atoms with van der Waals surface area (Å²) in [5.74, 6) is 0.608. The van der Waals surface area contributed by atoms with Gasteiger partial charge in [-0.25, -0.2) is 0 Å². The largest absolute Gasteiger partial charge is 0.455 e. The van der Waals surface area contributed by atoms with Gasteiger partial charge in [-0.2, -0.15) is 0 Å². The summed E-state index contributed by atoms with van der Waals surface area (Å²) in [6, 6.07) is 28.7. The molecule has 0 fully saturated rings. The van der Waals surface area contributed by atoms with Crippen LogP contribution in [-0.4, -0.2) is 9.38 Å². The number of hydrogen-bond acceptors (Lipinski definition) is 2. The molecular formula is C34H26N2O. The SMILES string of the molecule is Cc1ccc2c(c1)c1cc3c4ccccc4oc3c3c4cc(-c5cc(CC(C)C)ccn5)ccc4n2c13. The van der Waals surface area contributed by atoms with E-state index in [2.05, 4.69) is 98.0 Å². The molecule has 3 nitrogen and oxygen atoms in total. The van der Waals surface area contributed by atoms with E-state index in [-0.39, 0.29) is 0 Å². The fourth-order valence-electron chi connectivity index (χ4n) is 6.29. The summed E-state index contributed by atoms with van der Waals surface area (Å²) < 4.78 is 9.00. The Labute approximate surface area is 214 Å². The molecule has 0 unspecified atom stereocenters. The van der Waals surface area contributed by atoms with E-state index >= 15 is 0 Å². The molecule has 4 aromatic heterocycles. The lowest BCUT2D eigenvalue weighted by atomic mass is 9.99. The summed E-state index contributed by atoms with van der Waals surface area (Å²) >= 11 is 0. The van der Waals surface area contributed by atoms with Crippen molar-refractivity contribution in [2.75, 3.05) is 0 Å². The average Bonchev–Trinajstić information content (AvgIpc) is 3.53. The van der Waals surface area contributed by atoms with Gasteiger partial charge in [-0.15, -0.1) is 0 Å². The van der Waals surface area contributed by atoms with Crippen LogP contribution in [0, 0.1) is 12.8 Å². The third-order valence-electron chi connectivity index (χ3n) is 7.82. The zero-order valence-electron chi connectivity index (χ0n) is 21.2. The van der Waals surface area contributed by atoms with Crippen LogP contribution in [0.1, 0.15) is 25.0 Å². The number of furan rings is 1. The molecule has 8 aromatic rings. The van der Waals surface area contributed by atoms with Crippen molar-refractivity contribution in [2.24, 2.45) is 5.92 Å². The van der Waals surface area contributed by atoms with E-state index in [9.17, 15) is 0 Å². The lowest BCUT2D eigenvalue weighted by molar-refractivity contribution is 0.647. The second-order valence-electron chi connectivity index (χ2n) is 10.9. The lowest BCUT2D eigenvalue weighted by Gasteiger charge is -2.08. The molecule has 3 heteroatoms. The number of aromatic nitrogens is 2. The highest BCUT2D eigenvalue weighted by Gasteiger charge is 2.23. The zero-order valence-corrected chi connectivity index (χ0v) is 21.2. The van der Waals surface area contributed by atoms with Crippen molar-refractivity contribution in [1.82, 2.24) is 9.38 Å². The first-order valence-corrected chi connectivity index (χ1v) is 13.1. The van der Waals surface area contributed by atoms with Crippen LogP contribution in [0.3, 0.4) is 0 Å². The van der Waals surface area contributed by atoms with Gasteiger partial charge in [0.05, 0.1) is 27.6 Å². The normalized spacial score (nSPS) is 12.5. The van der Waals surface area contributed by atoms with Crippen LogP contribution in [-0.2, 0) is 6.42 Å². The number of pyridine rings is 1. The number of fused-ring (bicyclic) bond motifs is 10. The summed E-state index contributed by atoms with van der Waals surface area (Å²) in [5.41, 5.74) is 10.3. The molecule has 4 heterocycles. The van der Waals surface area contributed by atoms with E-state index in [0.717, 1.165) is 34.2 Å². The molecule has 0 aliphatic rings. The van der Waals surface area contributed by atoms with Crippen molar-refractivity contribution in [1.29, 1.82) is 0 Å². The van der Waals surface area contributed by atoms with Crippen LogP contribution in [0.2, 0.25) is 0 Å². The Hall–Kier alpha value is -4.37. The highest BCUT2D eigenvalue weighted by Crippen LogP contribution is 2.46. The van der Waals surface area contributed by atoms with Crippen LogP contribution >= 0.6 is 0 Å². The van der Waals surface area contributed by atoms with E-state index in [1.54, 1.807) is 0 Å². The van der Waals surface area contributed by atoms with Gasteiger partial charge in [0.25, 0.3) is 0 Å². The van der Waals surface area contributed by atoms with Crippen LogP contribution in [0.25, 0.3) is 71.3 Å². The Kier molecular flexibility index (Phi) is 4.12. The average molecular weight is 479 g/mol. The smallest absolute Gasteiger partial charge is 0.145 e. The van der Waals surface area contributed by atoms with E-state index in [4.69, 9.17) is 9.40 Å². The first kappa shape index (κ1) is 20.8. The van der Waals surface area contributed by atoms with Crippen molar-refractivity contribution in [3.8, 4) is 11.3 Å². The summed E-state index contributed by atoms with van der Waals surface area (Å²) in [6.45, 7) is 6.69. The topological polar surface area (TPSA) is 30.4 Å². The van der Waals surface area contributed by atoms with Gasteiger partial charge in [0.2, 0.25) is 0 Å². The van der Waals surface area contributed by atoms with Gasteiger partial charge in [0.15, 0.2) is 0 Å². The van der Waals surface area contributed by atoms with Crippen LogP contribution < -0.4 is 0 Å². The van der Waals surface area contributed by atoms with Crippen molar-refractivity contribution in [3.63, 3.8) is 0 Å². The predicted octanol–water partition coefficient (Wildman–Crippen LogP) is 9.31. The molecule has 0 aliphatic carbocycles. The van der Waals surface area contributed by atoms with Gasteiger partial charge < -0.3 is 8.82 Å². The maximum Gasteiger partial charge on any atom is 0.145 e. The molecule has 0 atom stereocenters. The van der Waals surface area contributed by atoms with E-state index in [1.165, 1.54) is 54.6 Å². The Morgan fingerprint density at radius 3 is 2.51 bits per heavy atom. The van der Waals surface area contributed by atoms with Gasteiger partial charge in [-0.3, -0.25) is 4.98 Å². The Morgan fingerprint density at radius 2 is 1.62 bits per heavy atom. The molecule has 0 bridgehead atoms. The van der Waals surface area contributed by atoms with Gasteiger partial charge in [0.1, 0.15) is 11.2 Å². The molecule has 0 radical (unpaired) electrons. The molecule has 178 valence electrons. The minimum absolute atomic E-state index is 0.608. The summed E-state index contributed by atoms with van der Waals surface area (Å²) in [6.07, 6.45) is 2.99. The van der Waals surface area contributed by atoms with Gasteiger partial charge in [-0.1, -0.05) is 49.7 Å². The Morgan fingerprint density at radius 1 is 0.784 bits per heavy atom. The van der Waals surface area contributed by atoms with E-state index < -0.39 is 0 Å². The number of benzene rings is 4. The van der Waals surface area contributed by atoms with Crippen LogP contribution in [0.4, 0.5) is 0 Å². The van der Waals surface area contributed by atoms with Crippen molar-refractivity contribution < 1.29 is 4.42 Å². The number of aryl methyl sites for hydroxylation is 1. The fourth-order valence-corrected chi connectivity index (χ4v) is 6.29. The van der Waals surface area contributed by atoms with Gasteiger partial charge in [-0.05, 0) is 73.4 Å². The fraction of sp³-hybridized carbons (Fsp3) is 0.147. The second kappa shape index (κ2) is 7.33. The maximum atomic E-state index is 6.57. The monoisotopic (exact) mass is 478 g/mol. The summed E-state index contributed by atoms with van der Waals surface area (Å²) in [5, 5.41) is 7.31. The standard InChI is InChI=1S/C34H26N2O/c1-19(2)14-21-12-13-35-28(16-21)22-9-11-30-27(17-22)32-33-25(24-15-20(3)8-10-29(24)36(30)33)18-26-23-6-4-5-7-31(23)37-34(26)32/h4-13,15-19H,14H2,1-3H3. The molecule has 0 spiro atoms. The highest BCUT2D eigenvalue weighted by atomic mass is 16.3. The molecule has 8 rings (SSSR count). The van der Waals surface area contributed by atoms with E-state index in [1.807, 2.05) is 12.3 Å². The van der Waals surface area contributed by atoms with Crippen LogP contribution in [0.15, 0.2) is 89.5 Å². The van der Waals surface area contributed by atoms with Crippen molar-refractivity contribution >= 4 is 60.0 Å². The number of para-hydroxylation sites is 1. The quantitative estimate of drug-likeness (QED) is 0.253. The third kappa shape index (κ3) is 2.85. The minimum atomic E-state index is 0.608. The summed E-state index contributed by atoms with van der Waals surface area (Å²) in [4.78, 5) is 4.75. The predicted molar refractivity (Wildman–Crippen MR) is 155 cm³/mol. The molecule has 0 saturated carbocycles. The Balaban J connectivity index is 1.53. The molecule has 37 heavy (non-hydrogen) atoms. The van der Waals surface area contributed by atoms with Gasteiger partial charge >= 0.3 is 0 Å². The second-order valence-corrected chi connectivity index (χ2v) is 10.9. The Bertz CT molecular complexity index is 2160. The highest BCUT2D eigenvalue weighted by molar-refractivity contribution is 6.33. The molecule has 0 N–H and O–H groups in total. The molecule has 0 aliphatic heterocycles. The number of nitrogens with zero attached hydrogens (tertiary/aromatic N) is 2. The van der Waals surface area contributed by atoms with Crippen LogP contribution in [0.5, 0.6) is 0 Å². The lowest BCUT2D eigenvalue weighted by Crippen LogP contribution is -1.95. The van der Waals surface area contributed by atoms with E-state index in [0.29, 0.717) is 5.92 Å². The zero-order chi connectivity index (χ0) is 24.8. The maximum absolute atomic E-state index is 6.57. The van der Waals surface area contributed by atoms with Crippen molar-refractivity contribution in [3.05, 3.63) is 96.2 Å². The van der Waals surface area contributed by atoms with Gasteiger partial charge in [0, 0.05) is 38.7 Å². The molecule has 0 saturated heterocycles. The number of hydrogen-bond donors (Lipinski definition) is 0. The summed E-state index contributed by atoms with van der Waals surface area (Å²) in [7, 11) is 0. The molecule has 4 aromatic carbocycles. The minimum Gasteiger partial charge on any atom is -0.455 e. The number of rotatable bonds is 3.